The number of carboxylic acid groups (broad SMARTS) is 2. The molecular formula is C18H23F3N2O6. The number of halogens is 3. The van der Waals surface area contributed by atoms with Crippen molar-refractivity contribution in [3.05, 3.63) is 35.9 Å². The molecule has 11 heteroatoms. The lowest BCUT2D eigenvalue weighted by Crippen LogP contribution is -2.55. The maximum absolute atomic E-state index is 12.3. The number of carboxylic acids is 2. The van der Waals surface area contributed by atoms with Crippen molar-refractivity contribution >= 4 is 18.0 Å². The molecule has 29 heavy (non-hydrogen) atoms. The summed E-state index contributed by atoms with van der Waals surface area (Å²) in [6.07, 6.45) is -4.37. The van der Waals surface area contributed by atoms with E-state index in [1.54, 1.807) is 6.92 Å². The van der Waals surface area contributed by atoms with Crippen molar-refractivity contribution in [2.24, 2.45) is 0 Å². The van der Waals surface area contributed by atoms with Crippen LogP contribution in [0.2, 0.25) is 0 Å². The summed E-state index contributed by atoms with van der Waals surface area (Å²) in [6, 6.07) is 8.64. The highest BCUT2D eigenvalue weighted by atomic mass is 19.4. The van der Waals surface area contributed by atoms with Gasteiger partial charge < -0.3 is 20.3 Å². The van der Waals surface area contributed by atoms with Crippen LogP contribution in [0.15, 0.2) is 30.3 Å². The topological polar surface area (TPSA) is 116 Å². The molecule has 0 radical (unpaired) electrons. The van der Waals surface area contributed by atoms with Gasteiger partial charge in [0, 0.05) is 12.6 Å². The van der Waals surface area contributed by atoms with Gasteiger partial charge in [-0.3, -0.25) is 4.90 Å². The van der Waals surface area contributed by atoms with Crippen molar-refractivity contribution < 1.29 is 42.5 Å². The Bertz CT molecular complexity index is 680. The molecule has 1 aromatic rings. The van der Waals surface area contributed by atoms with E-state index in [-0.39, 0.29) is 12.6 Å². The van der Waals surface area contributed by atoms with Gasteiger partial charge in [0.1, 0.15) is 12.6 Å². The Morgan fingerprint density at radius 3 is 2.17 bits per heavy atom. The second-order valence-electron chi connectivity index (χ2n) is 6.20. The molecule has 2 rings (SSSR count). The molecule has 0 aliphatic carbocycles. The summed E-state index contributed by atoms with van der Waals surface area (Å²) < 4.78 is 37.0. The van der Waals surface area contributed by atoms with Crippen molar-refractivity contribution in [3.63, 3.8) is 0 Å². The van der Waals surface area contributed by atoms with Crippen molar-refractivity contribution in [2.45, 2.75) is 44.6 Å². The van der Waals surface area contributed by atoms with Crippen LogP contribution in [0.5, 0.6) is 0 Å². The SMILES string of the molecule is CCC(C(=O)O)N(CC1CCN1)C(=O)OCc1ccccc1.O=C(O)C(F)(F)F. The Morgan fingerprint density at radius 1 is 1.24 bits per heavy atom. The lowest BCUT2D eigenvalue weighted by Gasteiger charge is -2.35. The fraction of sp³-hybridized carbons (Fsp3) is 0.500. The standard InChI is InChI=1S/C16H22N2O4.C2HF3O2/c1-2-14(15(19)20)18(10-13-8-9-17-13)16(21)22-11-12-6-4-3-5-7-12;3-2(4,5)1(6)7/h3-7,13-14,17H,2,8-11H2,1H3,(H,19,20);(H,6,7). The zero-order valence-corrected chi connectivity index (χ0v) is 15.7. The molecule has 2 atom stereocenters. The maximum Gasteiger partial charge on any atom is 0.490 e. The van der Waals surface area contributed by atoms with Crippen LogP contribution in [0.3, 0.4) is 0 Å². The third-order valence-electron chi connectivity index (χ3n) is 4.07. The van der Waals surface area contributed by atoms with Gasteiger partial charge in [0.25, 0.3) is 0 Å². The van der Waals surface area contributed by atoms with Gasteiger partial charge in [-0.05, 0) is 24.9 Å². The predicted octanol–water partition coefficient (Wildman–Crippen LogP) is 2.48. The number of benzene rings is 1. The van der Waals surface area contributed by atoms with E-state index in [1.165, 1.54) is 4.90 Å². The molecule has 0 spiro atoms. The molecule has 0 saturated carbocycles. The molecule has 1 aliphatic rings. The normalized spacial score (nSPS) is 16.5. The Balaban J connectivity index is 0.000000516. The van der Waals surface area contributed by atoms with Gasteiger partial charge in [-0.1, -0.05) is 37.3 Å². The maximum atomic E-state index is 12.3. The number of ether oxygens (including phenoxy) is 1. The Morgan fingerprint density at radius 2 is 1.79 bits per heavy atom. The molecule has 3 N–H and O–H groups in total. The minimum Gasteiger partial charge on any atom is -0.480 e. The molecule has 0 aromatic heterocycles. The third kappa shape index (κ3) is 8.38. The Hall–Kier alpha value is -2.82. The number of amides is 1. The van der Waals surface area contributed by atoms with Crippen LogP contribution < -0.4 is 5.32 Å². The highest BCUT2D eigenvalue weighted by molar-refractivity contribution is 5.80. The predicted molar refractivity (Wildman–Crippen MR) is 95.1 cm³/mol. The van der Waals surface area contributed by atoms with Gasteiger partial charge in [-0.15, -0.1) is 0 Å². The van der Waals surface area contributed by atoms with Gasteiger partial charge in [-0.2, -0.15) is 13.2 Å². The number of hydrogen-bond donors (Lipinski definition) is 3. The molecule has 162 valence electrons. The van der Waals surface area contributed by atoms with Gasteiger partial charge in [-0.25, -0.2) is 14.4 Å². The summed E-state index contributed by atoms with van der Waals surface area (Å²) in [6.45, 7) is 3.16. The minimum atomic E-state index is -5.08. The van der Waals surface area contributed by atoms with E-state index in [2.05, 4.69) is 5.32 Å². The first-order valence-corrected chi connectivity index (χ1v) is 8.79. The Labute approximate surface area is 165 Å². The molecule has 1 heterocycles. The summed E-state index contributed by atoms with van der Waals surface area (Å²) >= 11 is 0. The number of nitrogens with zero attached hydrogens (tertiary/aromatic N) is 1. The fourth-order valence-electron chi connectivity index (χ4n) is 2.40. The van der Waals surface area contributed by atoms with E-state index in [9.17, 15) is 27.9 Å². The molecular weight excluding hydrogens is 397 g/mol. The molecule has 1 aliphatic heterocycles. The smallest absolute Gasteiger partial charge is 0.480 e. The van der Waals surface area contributed by atoms with Crippen LogP contribution in [-0.4, -0.2) is 64.5 Å². The van der Waals surface area contributed by atoms with E-state index < -0.39 is 30.2 Å². The third-order valence-corrected chi connectivity index (χ3v) is 4.07. The number of alkyl halides is 3. The molecule has 0 bridgehead atoms. The van der Waals surface area contributed by atoms with E-state index in [1.807, 2.05) is 30.3 Å². The van der Waals surface area contributed by atoms with Gasteiger partial charge in [0.05, 0.1) is 0 Å². The minimum absolute atomic E-state index is 0.143. The van der Waals surface area contributed by atoms with E-state index in [4.69, 9.17) is 14.6 Å². The molecule has 1 fully saturated rings. The van der Waals surface area contributed by atoms with Crippen LogP contribution in [0, 0.1) is 0 Å². The van der Waals surface area contributed by atoms with E-state index >= 15 is 0 Å². The van der Waals surface area contributed by atoms with Gasteiger partial charge >= 0.3 is 24.2 Å². The molecule has 8 nitrogen and oxygen atoms in total. The van der Waals surface area contributed by atoms with Crippen molar-refractivity contribution in [3.8, 4) is 0 Å². The van der Waals surface area contributed by atoms with Crippen LogP contribution in [0.1, 0.15) is 25.3 Å². The number of rotatable bonds is 7. The number of nitrogens with one attached hydrogen (secondary N) is 1. The molecule has 1 amide bonds. The number of carbonyl (C=O) groups is 3. The molecule has 1 aromatic carbocycles. The largest absolute Gasteiger partial charge is 0.490 e. The van der Waals surface area contributed by atoms with Crippen molar-refractivity contribution in [1.29, 1.82) is 0 Å². The lowest BCUT2D eigenvalue weighted by molar-refractivity contribution is -0.192. The summed E-state index contributed by atoms with van der Waals surface area (Å²) in [4.78, 5) is 33.9. The summed E-state index contributed by atoms with van der Waals surface area (Å²) in [5, 5.41) is 19.6. The lowest BCUT2D eigenvalue weighted by atomic mass is 10.1. The highest BCUT2D eigenvalue weighted by Crippen LogP contribution is 2.14. The second-order valence-corrected chi connectivity index (χ2v) is 6.20. The summed E-state index contributed by atoms with van der Waals surface area (Å²) in [5.74, 6) is -3.76. The number of hydrogen-bond acceptors (Lipinski definition) is 5. The van der Waals surface area contributed by atoms with Crippen LogP contribution in [0.4, 0.5) is 18.0 Å². The highest BCUT2D eigenvalue weighted by Gasteiger charge is 2.38. The van der Waals surface area contributed by atoms with Crippen molar-refractivity contribution in [2.75, 3.05) is 13.1 Å². The van der Waals surface area contributed by atoms with Crippen LogP contribution >= 0.6 is 0 Å². The van der Waals surface area contributed by atoms with E-state index in [0.29, 0.717) is 13.0 Å². The first kappa shape index (κ1) is 24.2. The molecule has 1 saturated heterocycles. The average Bonchev–Trinajstić information content (AvgIpc) is 2.61. The average molecular weight is 420 g/mol. The van der Waals surface area contributed by atoms with E-state index in [0.717, 1.165) is 18.5 Å². The van der Waals surface area contributed by atoms with Crippen molar-refractivity contribution in [1.82, 2.24) is 10.2 Å². The van der Waals surface area contributed by atoms with Crippen LogP contribution in [-0.2, 0) is 20.9 Å². The number of aliphatic carboxylic acids is 2. The first-order valence-electron chi connectivity index (χ1n) is 8.79. The quantitative estimate of drug-likeness (QED) is 0.621. The van der Waals surface area contributed by atoms with Gasteiger partial charge in [0.15, 0.2) is 0 Å². The summed E-state index contributed by atoms with van der Waals surface area (Å²) in [5.41, 5.74) is 0.876. The zero-order chi connectivity index (χ0) is 22.0. The zero-order valence-electron chi connectivity index (χ0n) is 15.7. The monoisotopic (exact) mass is 420 g/mol. The van der Waals surface area contributed by atoms with Crippen LogP contribution in [0.25, 0.3) is 0 Å². The fourth-order valence-corrected chi connectivity index (χ4v) is 2.40. The second kappa shape index (κ2) is 11.2. The van der Waals surface area contributed by atoms with Gasteiger partial charge in [0.2, 0.25) is 0 Å². The number of carbonyl (C=O) groups excluding carboxylic acids is 1. The first-order chi connectivity index (χ1) is 13.6. The molecule has 2 unspecified atom stereocenters. The Kier molecular flexibility index (Phi) is 9.39. The summed E-state index contributed by atoms with van der Waals surface area (Å²) in [7, 11) is 0.